The van der Waals surface area contributed by atoms with Crippen molar-refractivity contribution in [3.05, 3.63) is 11.1 Å². The molecule has 1 fully saturated rings. The monoisotopic (exact) mass is 637 g/mol. The van der Waals surface area contributed by atoms with Gasteiger partial charge >= 0.3 is 12.1 Å². The number of nitrogens with zero attached hydrogens (tertiary/aromatic N) is 2. The van der Waals surface area contributed by atoms with Crippen molar-refractivity contribution < 1.29 is 33.5 Å². The molecule has 0 aromatic carbocycles. The summed E-state index contributed by atoms with van der Waals surface area (Å²) in [6, 6.07) is -0.332. The SMILES string of the molecule is C#CC#CC#CC#CC.CC(C)(C)OC(=O)Nc1nc(/C(=N/OC(C)(C)C(=O)OC(C)(C)C)C(=O)C[C@@H]2C(=O)N[C@@H]2CN)cs1. The van der Waals surface area contributed by atoms with Crippen LogP contribution in [0.2, 0.25) is 0 Å². The Bertz CT molecular complexity index is 1520. The number of ketones is 1. The molecule has 2 amide bonds. The van der Waals surface area contributed by atoms with E-state index in [2.05, 4.69) is 62.2 Å². The number of anilines is 1. The number of carbonyl (C=O) groups is 4. The average molecular weight is 638 g/mol. The fourth-order valence-corrected chi connectivity index (χ4v) is 3.77. The largest absolute Gasteiger partial charge is 0.457 e. The molecule has 13 heteroatoms. The molecule has 2 rings (SSSR count). The van der Waals surface area contributed by atoms with Crippen LogP contribution in [0.1, 0.15) is 74.4 Å². The van der Waals surface area contributed by atoms with Gasteiger partial charge in [-0.25, -0.2) is 14.6 Å². The van der Waals surface area contributed by atoms with Gasteiger partial charge in [0.25, 0.3) is 0 Å². The van der Waals surface area contributed by atoms with E-state index in [1.807, 2.05) is 0 Å². The lowest BCUT2D eigenvalue weighted by Crippen LogP contribution is -2.61. The van der Waals surface area contributed by atoms with E-state index in [9.17, 15) is 19.2 Å². The molecule has 1 aliphatic heterocycles. The summed E-state index contributed by atoms with van der Waals surface area (Å²) in [6.45, 7) is 15.1. The summed E-state index contributed by atoms with van der Waals surface area (Å²) >= 11 is 1.04. The Balaban J connectivity index is 0.000000975. The van der Waals surface area contributed by atoms with Gasteiger partial charge in [0.1, 0.15) is 16.9 Å². The van der Waals surface area contributed by atoms with Gasteiger partial charge in [-0.1, -0.05) is 11.1 Å². The summed E-state index contributed by atoms with van der Waals surface area (Å²) in [5, 5.41) is 10.8. The molecule has 240 valence electrons. The molecule has 1 aliphatic rings. The lowest BCUT2D eigenvalue weighted by Gasteiger charge is -2.35. The highest BCUT2D eigenvalue weighted by molar-refractivity contribution is 7.14. The average Bonchev–Trinajstić information content (AvgIpc) is 3.36. The molecular weight excluding hydrogens is 598 g/mol. The first kappa shape index (κ1) is 38.2. The van der Waals surface area contributed by atoms with Crippen molar-refractivity contribution >= 4 is 45.9 Å². The standard InChI is InChI=1S/C23H35N5O7S.C9H4/c1-21(2,3)33-18(31)23(7,8)35-28-16(15(29)9-12-13(10-24)25-17(12)30)14-11-36-19(26-14)27-20(32)34-22(4,5)6;1-3-5-7-9-8-6-4-2/h11-13H,9-10,24H2,1-8H3,(H,25,30)(H,26,27,32);1H,2H3/b28-16-;/t12-,13+;/m0./s1. The molecule has 1 aromatic heterocycles. The van der Waals surface area contributed by atoms with Crippen LogP contribution in [0.15, 0.2) is 10.5 Å². The van der Waals surface area contributed by atoms with Crippen LogP contribution < -0.4 is 16.4 Å². The second kappa shape index (κ2) is 16.9. The summed E-state index contributed by atoms with van der Waals surface area (Å²) in [5.41, 5.74) is 2.53. The minimum absolute atomic E-state index is 0.0973. The quantitative estimate of drug-likeness (QED) is 0.121. The van der Waals surface area contributed by atoms with Gasteiger partial charge in [-0.05, 0) is 97.8 Å². The van der Waals surface area contributed by atoms with Gasteiger partial charge < -0.3 is 25.4 Å². The molecule has 0 aliphatic carbocycles. The Morgan fingerprint density at radius 1 is 1.04 bits per heavy atom. The smallest absolute Gasteiger partial charge is 0.413 e. The summed E-state index contributed by atoms with van der Waals surface area (Å²) < 4.78 is 10.6. The fourth-order valence-electron chi connectivity index (χ4n) is 3.09. The third-order valence-corrected chi connectivity index (χ3v) is 5.89. The highest BCUT2D eigenvalue weighted by Crippen LogP contribution is 2.24. The molecule has 1 saturated heterocycles. The van der Waals surface area contributed by atoms with Crippen LogP contribution in [0.25, 0.3) is 0 Å². The number of rotatable bonds is 9. The molecule has 12 nitrogen and oxygen atoms in total. The minimum Gasteiger partial charge on any atom is -0.457 e. The van der Waals surface area contributed by atoms with Crippen LogP contribution in [0, 0.1) is 53.8 Å². The van der Waals surface area contributed by atoms with Crippen molar-refractivity contribution in [2.24, 2.45) is 16.8 Å². The Kier molecular flexibility index (Phi) is 14.3. The number of β-lactam (4-membered cyclic amide) rings is 1. The van der Waals surface area contributed by atoms with Crippen molar-refractivity contribution in [1.82, 2.24) is 10.3 Å². The number of aromatic nitrogens is 1. The zero-order valence-electron chi connectivity index (χ0n) is 27.0. The second-order valence-corrected chi connectivity index (χ2v) is 12.7. The van der Waals surface area contributed by atoms with Gasteiger partial charge in [0, 0.05) is 18.3 Å². The fraction of sp³-hybridized carbons (Fsp3) is 0.500. The third kappa shape index (κ3) is 14.0. The number of amides is 2. The topological polar surface area (TPSA) is 171 Å². The number of Topliss-reactive ketones (excluding diaryl/α,β-unsaturated/α-hetero) is 1. The molecule has 2 atom stereocenters. The molecule has 0 unspecified atom stereocenters. The molecule has 0 saturated carbocycles. The number of esters is 1. The summed E-state index contributed by atoms with van der Waals surface area (Å²) in [6.07, 6.45) is 3.92. The number of hydrogen-bond acceptors (Lipinski definition) is 11. The number of oxime groups is 1. The van der Waals surface area contributed by atoms with E-state index in [1.54, 1.807) is 48.5 Å². The van der Waals surface area contributed by atoms with Gasteiger partial charge in [-0.15, -0.1) is 17.8 Å². The molecule has 0 bridgehead atoms. The van der Waals surface area contributed by atoms with E-state index in [-0.39, 0.29) is 41.5 Å². The molecule has 4 N–H and O–H groups in total. The summed E-state index contributed by atoms with van der Waals surface area (Å²) in [7, 11) is 0. The van der Waals surface area contributed by atoms with E-state index in [1.165, 1.54) is 19.2 Å². The normalized spacial score (nSPS) is 15.6. The van der Waals surface area contributed by atoms with E-state index in [0.29, 0.717) is 0 Å². The third-order valence-electron chi connectivity index (χ3n) is 5.13. The van der Waals surface area contributed by atoms with E-state index in [4.69, 9.17) is 26.5 Å². The van der Waals surface area contributed by atoms with Gasteiger partial charge in [0.05, 0.1) is 12.0 Å². The first-order valence-electron chi connectivity index (χ1n) is 13.7. The predicted molar refractivity (Wildman–Crippen MR) is 171 cm³/mol. The lowest BCUT2D eigenvalue weighted by molar-refractivity contribution is -0.179. The van der Waals surface area contributed by atoms with Crippen LogP contribution in [0.4, 0.5) is 9.93 Å². The van der Waals surface area contributed by atoms with Crippen LogP contribution in [-0.2, 0) is 28.7 Å². The number of carbonyl (C=O) groups excluding carboxylic acids is 4. The van der Waals surface area contributed by atoms with Crippen molar-refractivity contribution in [2.45, 2.75) is 91.6 Å². The van der Waals surface area contributed by atoms with E-state index >= 15 is 0 Å². The Morgan fingerprint density at radius 3 is 2.18 bits per heavy atom. The first-order valence-corrected chi connectivity index (χ1v) is 14.6. The van der Waals surface area contributed by atoms with Gasteiger partial charge in [0.2, 0.25) is 11.5 Å². The van der Waals surface area contributed by atoms with Crippen molar-refractivity contribution in [1.29, 1.82) is 0 Å². The van der Waals surface area contributed by atoms with Gasteiger partial charge in [-0.3, -0.25) is 14.9 Å². The van der Waals surface area contributed by atoms with Crippen molar-refractivity contribution in [3.8, 4) is 47.9 Å². The first-order chi connectivity index (χ1) is 20.8. The molecule has 1 aromatic rings. The van der Waals surface area contributed by atoms with Crippen molar-refractivity contribution in [3.63, 3.8) is 0 Å². The molecular formula is C32H39N5O7S. The lowest BCUT2D eigenvalue weighted by atomic mass is 9.85. The van der Waals surface area contributed by atoms with E-state index in [0.717, 1.165) is 11.3 Å². The highest BCUT2D eigenvalue weighted by atomic mass is 32.1. The molecule has 45 heavy (non-hydrogen) atoms. The Morgan fingerprint density at radius 2 is 1.64 bits per heavy atom. The molecule has 0 spiro atoms. The van der Waals surface area contributed by atoms with Crippen LogP contribution in [0.3, 0.4) is 0 Å². The number of thiazole rings is 1. The van der Waals surface area contributed by atoms with Gasteiger partial charge in [0.15, 0.2) is 16.6 Å². The summed E-state index contributed by atoms with van der Waals surface area (Å²) in [5.74, 6) is 14.8. The molecule has 2 heterocycles. The second-order valence-electron chi connectivity index (χ2n) is 11.8. The molecule has 0 radical (unpaired) electrons. The van der Waals surface area contributed by atoms with Crippen LogP contribution in [-0.4, -0.2) is 63.8 Å². The predicted octanol–water partition coefficient (Wildman–Crippen LogP) is 3.01. The number of hydrogen-bond donors (Lipinski definition) is 3. The van der Waals surface area contributed by atoms with Gasteiger partial charge in [-0.2, -0.15) is 0 Å². The minimum atomic E-state index is -1.53. The maximum atomic E-state index is 13.2. The number of nitrogens with two attached hydrogens (primary N) is 1. The maximum absolute atomic E-state index is 13.2. The van der Waals surface area contributed by atoms with E-state index < -0.39 is 40.6 Å². The van der Waals surface area contributed by atoms with Crippen molar-refractivity contribution in [2.75, 3.05) is 11.9 Å². The maximum Gasteiger partial charge on any atom is 0.413 e. The number of nitrogens with one attached hydrogen (secondary N) is 2. The zero-order chi connectivity index (χ0) is 34.4. The number of ether oxygens (including phenoxy) is 2. The zero-order valence-corrected chi connectivity index (χ0v) is 27.8. The number of terminal acetylenes is 1. The van der Waals surface area contributed by atoms with Crippen LogP contribution in [0.5, 0.6) is 0 Å². The Hall–Kier alpha value is -4.82. The highest BCUT2D eigenvalue weighted by Gasteiger charge is 2.41. The Labute approximate surface area is 268 Å². The summed E-state index contributed by atoms with van der Waals surface area (Å²) in [4.78, 5) is 59.5. The van der Waals surface area contributed by atoms with Crippen LogP contribution >= 0.6 is 11.3 Å².